The summed E-state index contributed by atoms with van der Waals surface area (Å²) in [6, 6.07) is 3.27. The number of hydrogen-bond acceptors (Lipinski definition) is 1. The highest BCUT2D eigenvalue weighted by Crippen LogP contribution is 2.05. The van der Waals surface area contributed by atoms with E-state index in [1.54, 1.807) is 18.3 Å². The van der Waals surface area contributed by atoms with Crippen LogP contribution in [0.2, 0.25) is 0 Å². The second-order valence-corrected chi connectivity index (χ2v) is 1.74. The van der Waals surface area contributed by atoms with E-state index in [4.69, 9.17) is 0 Å². The normalized spacial score (nSPS) is 10.3. The molecule has 4 heteroatoms. The quantitative estimate of drug-likeness (QED) is 0.690. The molecule has 1 rings (SSSR count). The molecule has 56 valence electrons. The predicted molar refractivity (Wildman–Crippen MR) is 32.3 cm³/mol. The number of rotatable bonds is 3. The summed E-state index contributed by atoms with van der Waals surface area (Å²) in [6.45, 7) is -0.555. The van der Waals surface area contributed by atoms with Crippen LogP contribution in [0.3, 0.4) is 0 Å². The molecule has 0 fully saturated rings. The molecule has 0 aliphatic heterocycles. The second kappa shape index (κ2) is 3.20. The van der Waals surface area contributed by atoms with Gasteiger partial charge in [-0.25, -0.2) is 8.78 Å². The van der Waals surface area contributed by atoms with Crippen LogP contribution < -0.4 is 4.74 Å². The van der Waals surface area contributed by atoms with Crippen molar-refractivity contribution in [2.24, 2.45) is 0 Å². The summed E-state index contributed by atoms with van der Waals surface area (Å²) in [6.07, 6.45) is -0.802. The first-order chi connectivity index (χ1) is 4.79. The van der Waals surface area contributed by atoms with Crippen molar-refractivity contribution in [3.05, 3.63) is 18.3 Å². The average molecular weight is 147 g/mol. The molecule has 0 atom stereocenters. The predicted octanol–water partition coefficient (Wildman–Crippen LogP) is 1.66. The fourth-order valence-electron chi connectivity index (χ4n) is 0.556. The van der Waals surface area contributed by atoms with Gasteiger partial charge in [0.25, 0.3) is 6.43 Å². The third kappa shape index (κ3) is 2.05. The minimum Gasteiger partial charge on any atom is -0.473 e. The Hall–Kier alpha value is -1.06. The van der Waals surface area contributed by atoms with Gasteiger partial charge in [-0.15, -0.1) is 0 Å². The minimum atomic E-state index is -2.41. The lowest BCUT2D eigenvalue weighted by atomic mass is 10.6. The van der Waals surface area contributed by atoms with E-state index in [9.17, 15) is 8.78 Å². The SMILES string of the molecule is FC(F)COc1ccc[nH]1. The lowest BCUT2D eigenvalue weighted by Gasteiger charge is -2.00. The highest BCUT2D eigenvalue weighted by molar-refractivity contribution is 5.09. The van der Waals surface area contributed by atoms with Crippen LogP contribution in [0.4, 0.5) is 8.78 Å². The van der Waals surface area contributed by atoms with Crippen molar-refractivity contribution in [3.63, 3.8) is 0 Å². The monoisotopic (exact) mass is 147 g/mol. The number of alkyl halides is 2. The van der Waals surface area contributed by atoms with Crippen LogP contribution in [0.25, 0.3) is 0 Å². The second-order valence-electron chi connectivity index (χ2n) is 1.74. The molecule has 0 unspecified atom stereocenters. The smallest absolute Gasteiger partial charge is 0.272 e. The maximum Gasteiger partial charge on any atom is 0.272 e. The number of H-pyrrole nitrogens is 1. The molecule has 0 amide bonds. The molecule has 1 aromatic heterocycles. The lowest BCUT2D eigenvalue weighted by Crippen LogP contribution is -2.06. The van der Waals surface area contributed by atoms with E-state index in [2.05, 4.69) is 9.72 Å². The Morgan fingerprint density at radius 3 is 2.90 bits per heavy atom. The number of ether oxygens (including phenoxy) is 1. The van der Waals surface area contributed by atoms with Crippen LogP contribution in [0, 0.1) is 0 Å². The van der Waals surface area contributed by atoms with Gasteiger partial charge in [-0.2, -0.15) is 0 Å². The Balaban J connectivity index is 2.28. The topological polar surface area (TPSA) is 25.0 Å². The summed E-state index contributed by atoms with van der Waals surface area (Å²) < 4.78 is 27.6. The maximum atomic E-state index is 11.5. The van der Waals surface area contributed by atoms with E-state index in [1.165, 1.54) is 0 Å². The molecule has 1 N–H and O–H groups in total. The fourth-order valence-corrected chi connectivity index (χ4v) is 0.556. The van der Waals surface area contributed by atoms with E-state index in [0.717, 1.165) is 0 Å². The molecule has 0 spiro atoms. The molecule has 0 aromatic carbocycles. The first-order valence-corrected chi connectivity index (χ1v) is 2.83. The summed E-state index contributed by atoms with van der Waals surface area (Å²) in [5, 5.41) is 0. The standard InChI is InChI=1S/C6H7F2NO/c7-5(8)4-10-6-2-1-3-9-6/h1-3,5,9H,4H2. The third-order valence-corrected chi connectivity index (χ3v) is 0.934. The van der Waals surface area contributed by atoms with Crippen molar-refractivity contribution in [2.45, 2.75) is 6.43 Å². The van der Waals surface area contributed by atoms with Gasteiger partial charge in [0.1, 0.15) is 0 Å². The molecule has 0 radical (unpaired) electrons. The molecule has 0 saturated carbocycles. The molecule has 0 bridgehead atoms. The summed E-state index contributed by atoms with van der Waals surface area (Å²) in [5.74, 6) is 0.375. The fraction of sp³-hybridized carbons (Fsp3) is 0.333. The van der Waals surface area contributed by atoms with Crippen LogP contribution >= 0.6 is 0 Å². The number of nitrogens with one attached hydrogen (secondary N) is 1. The lowest BCUT2D eigenvalue weighted by molar-refractivity contribution is 0.0799. The Kier molecular flexibility index (Phi) is 2.25. The number of hydrogen-bond donors (Lipinski definition) is 1. The number of aromatic nitrogens is 1. The molecular weight excluding hydrogens is 140 g/mol. The molecule has 0 saturated heterocycles. The van der Waals surface area contributed by atoms with Gasteiger partial charge in [0, 0.05) is 6.20 Å². The van der Waals surface area contributed by atoms with Crippen molar-refractivity contribution in [2.75, 3.05) is 6.61 Å². The van der Waals surface area contributed by atoms with Crippen molar-refractivity contribution in [1.29, 1.82) is 0 Å². The molecule has 0 aliphatic carbocycles. The van der Waals surface area contributed by atoms with Crippen molar-refractivity contribution < 1.29 is 13.5 Å². The zero-order valence-electron chi connectivity index (χ0n) is 5.18. The highest BCUT2D eigenvalue weighted by atomic mass is 19.3. The number of aromatic amines is 1. The Bertz CT molecular complexity index is 174. The van der Waals surface area contributed by atoms with Gasteiger partial charge < -0.3 is 9.72 Å². The van der Waals surface area contributed by atoms with Crippen LogP contribution in [-0.4, -0.2) is 18.0 Å². The van der Waals surface area contributed by atoms with E-state index < -0.39 is 13.0 Å². The van der Waals surface area contributed by atoms with Crippen molar-refractivity contribution in [3.8, 4) is 5.88 Å². The van der Waals surface area contributed by atoms with Gasteiger partial charge in [0.15, 0.2) is 12.5 Å². The van der Waals surface area contributed by atoms with Crippen LogP contribution in [0.15, 0.2) is 18.3 Å². The van der Waals surface area contributed by atoms with E-state index in [1.807, 2.05) is 0 Å². The Labute approximate surface area is 56.8 Å². The van der Waals surface area contributed by atoms with Crippen LogP contribution in [0.5, 0.6) is 5.88 Å². The first kappa shape index (κ1) is 7.05. The molecule has 1 aromatic rings. The summed E-state index contributed by atoms with van der Waals surface area (Å²) in [5.41, 5.74) is 0. The van der Waals surface area contributed by atoms with E-state index in [0.29, 0.717) is 5.88 Å². The summed E-state index contributed by atoms with van der Waals surface area (Å²) >= 11 is 0. The van der Waals surface area contributed by atoms with Gasteiger partial charge in [-0.1, -0.05) is 0 Å². The van der Waals surface area contributed by atoms with Crippen molar-refractivity contribution >= 4 is 0 Å². The van der Waals surface area contributed by atoms with Crippen LogP contribution in [0.1, 0.15) is 0 Å². The summed E-state index contributed by atoms with van der Waals surface area (Å²) in [4.78, 5) is 2.64. The zero-order valence-corrected chi connectivity index (χ0v) is 5.18. The third-order valence-electron chi connectivity index (χ3n) is 0.934. The van der Waals surface area contributed by atoms with Crippen molar-refractivity contribution in [1.82, 2.24) is 4.98 Å². The van der Waals surface area contributed by atoms with Crippen LogP contribution in [-0.2, 0) is 0 Å². The average Bonchev–Trinajstić information content (AvgIpc) is 2.34. The first-order valence-electron chi connectivity index (χ1n) is 2.83. The maximum absolute atomic E-state index is 11.5. The molecular formula is C6H7F2NO. The Morgan fingerprint density at radius 2 is 2.40 bits per heavy atom. The van der Waals surface area contributed by atoms with E-state index in [-0.39, 0.29) is 0 Å². The van der Waals surface area contributed by atoms with Gasteiger partial charge >= 0.3 is 0 Å². The van der Waals surface area contributed by atoms with E-state index >= 15 is 0 Å². The summed E-state index contributed by atoms with van der Waals surface area (Å²) in [7, 11) is 0. The molecule has 10 heavy (non-hydrogen) atoms. The highest BCUT2D eigenvalue weighted by Gasteiger charge is 2.02. The van der Waals surface area contributed by atoms with Gasteiger partial charge in [-0.3, -0.25) is 0 Å². The van der Waals surface area contributed by atoms with Gasteiger partial charge in [0.05, 0.1) is 0 Å². The number of halogens is 2. The zero-order chi connectivity index (χ0) is 7.40. The Morgan fingerprint density at radius 1 is 1.60 bits per heavy atom. The van der Waals surface area contributed by atoms with Gasteiger partial charge in [0.2, 0.25) is 0 Å². The minimum absolute atomic E-state index is 0.375. The largest absolute Gasteiger partial charge is 0.473 e. The molecule has 1 heterocycles. The molecule has 2 nitrogen and oxygen atoms in total. The molecule has 0 aliphatic rings. The van der Waals surface area contributed by atoms with Gasteiger partial charge in [-0.05, 0) is 12.1 Å².